The molecule has 0 spiro atoms. The topological polar surface area (TPSA) is 33.2 Å². The zero-order chi connectivity index (χ0) is 13.1. The van der Waals surface area contributed by atoms with Crippen LogP contribution in [0.5, 0.6) is 0 Å². The summed E-state index contributed by atoms with van der Waals surface area (Å²) in [6, 6.07) is 2.08. The second kappa shape index (κ2) is 6.14. The van der Waals surface area contributed by atoms with E-state index in [0.717, 1.165) is 15.5 Å². The van der Waals surface area contributed by atoms with Crippen molar-refractivity contribution in [1.29, 1.82) is 0 Å². The van der Waals surface area contributed by atoms with E-state index in [1.54, 1.807) is 16.7 Å². The molecule has 0 saturated carbocycles. The highest BCUT2D eigenvalue weighted by Gasteiger charge is 2.12. The van der Waals surface area contributed by atoms with Gasteiger partial charge in [-0.05, 0) is 32.9 Å². The average molecular weight is 366 g/mol. The van der Waals surface area contributed by atoms with Crippen molar-refractivity contribution in [1.82, 2.24) is 4.98 Å². The highest BCUT2D eigenvalue weighted by molar-refractivity contribution is 9.11. The number of carbonyl (C=O) groups is 1. The SMILES string of the molecule is CN(Cc1csc(Br)c1)c1nc(C(=O)CCl)cs1. The number of nitrogens with zero attached hydrogens (tertiary/aromatic N) is 2. The van der Waals surface area contributed by atoms with Gasteiger partial charge in [-0.25, -0.2) is 4.98 Å². The Morgan fingerprint density at radius 1 is 1.50 bits per heavy atom. The van der Waals surface area contributed by atoms with Crippen LogP contribution in [-0.2, 0) is 6.54 Å². The summed E-state index contributed by atoms with van der Waals surface area (Å²) in [7, 11) is 1.96. The van der Waals surface area contributed by atoms with Crippen LogP contribution in [0.1, 0.15) is 16.1 Å². The van der Waals surface area contributed by atoms with Crippen LogP contribution in [0.15, 0.2) is 20.6 Å². The lowest BCUT2D eigenvalue weighted by molar-refractivity contribution is 0.101. The number of halogens is 2. The lowest BCUT2D eigenvalue weighted by Gasteiger charge is -2.14. The number of alkyl halides is 1. The van der Waals surface area contributed by atoms with Gasteiger partial charge >= 0.3 is 0 Å². The van der Waals surface area contributed by atoms with Crippen molar-refractivity contribution in [2.45, 2.75) is 6.54 Å². The number of thiophene rings is 1. The third-order valence-corrected chi connectivity index (χ3v) is 5.02. The Hall–Kier alpha value is -0.430. The van der Waals surface area contributed by atoms with Gasteiger partial charge in [0.15, 0.2) is 10.9 Å². The molecule has 18 heavy (non-hydrogen) atoms. The zero-order valence-corrected chi connectivity index (χ0v) is 13.5. The largest absolute Gasteiger partial charge is 0.347 e. The van der Waals surface area contributed by atoms with E-state index >= 15 is 0 Å². The molecule has 0 saturated heterocycles. The predicted molar refractivity (Wildman–Crippen MR) is 81.3 cm³/mol. The smallest absolute Gasteiger partial charge is 0.196 e. The molecule has 0 atom stereocenters. The molecule has 0 amide bonds. The van der Waals surface area contributed by atoms with Gasteiger partial charge in [0.25, 0.3) is 0 Å². The Labute approximate surface area is 127 Å². The molecule has 3 nitrogen and oxygen atoms in total. The summed E-state index contributed by atoms with van der Waals surface area (Å²) in [5, 5.41) is 4.67. The van der Waals surface area contributed by atoms with E-state index in [-0.39, 0.29) is 11.7 Å². The van der Waals surface area contributed by atoms with Crippen molar-refractivity contribution >= 4 is 61.1 Å². The van der Waals surface area contributed by atoms with E-state index in [1.807, 2.05) is 11.9 Å². The van der Waals surface area contributed by atoms with Gasteiger partial charge in [0.2, 0.25) is 0 Å². The highest BCUT2D eigenvalue weighted by atomic mass is 79.9. The van der Waals surface area contributed by atoms with Crippen molar-refractivity contribution in [2.75, 3.05) is 17.8 Å². The normalized spacial score (nSPS) is 10.6. The molecule has 2 heterocycles. The summed E-state index contributed by atoms with van der Waals surface area (Å²) in [4.78, 5) is 17.7. The third kappa shape index (κ3) is 3.32. The Balaban J connectivity index is 2.07. The highest BCUT2D eigenvalue weighted by Crippen LogP contribution is 2.25. The van der Waals surface area contributed by atoms with Crippen LogP contribution in [-0.4, -0.2) is 23.7 Å². The molecule has 96 valence electrons. The number of hydrogen-bond acceptors (Lipinski definition) is 5. The quantitative estimate of drug-likeness (QED) is 0.592. The summed E-state index contributed by atoms with van der Waals surface area (Å²) in [6.07, 6.45) is 0. The van der Waals surface area contributed by atoms with Gasteiger partial charge in [-0.2, -0.15) is 0 Å². The fourth-order valence-electron chi connectivity index (χ4n) is 1.41. The van der Waals surface area contributed by atoms with Gasteiger partial charge < -0.3 is 4.90 Å². The van der Waals surface area contributed by atoms with Crippen molar-refractivity contribution in [3.05, 3.63) is 31.9 Å². The van der Waals surface area contributed by atoms with Crippen LogP contribution in [0.25, 0.3) is 0 Å². The monoisotopic (exact) mass is 364 g/mol. The molecular formula is C11H10BrClN2OS2. The predicted octanol–water partition coefficient (Wildman–Crippen LogP) is 4.03. The fourth-order valence-corrected chi connectivity index (χ4v) is 3.54. The van der Waals surface area contributed by atoms with E-state index in [0.29, 0.717) is 5.69 Å². The lowest BCUT2D eigenvalue weighted by atomic mass is 10.3. The van der Waals surface area contributed by atoms with Gasteiger partial charge in [-0.1, -0.05) is 0 Å². The van der Waals surface area contributed by atoms with Crippen molar-refractivity contribution in [2.24, 2.45) is 0 Å². The van der Waals surface area contributed by atoms with Crippen molar-refractivity contribution in [3.8, 4) is 0 Å². The van der Waals surface area contributed by atoms with Crippen LogP contribution >= 0.6 is 50.2 Å². The van der Waals surface area contributed by atoms with E-state index < -0.39 is 0 Å². The third-order valence-electron chi connectivity index (χ3n) is 2.27. The lowest BCUT2D eigenvalue weighted by Crippen LogP contribution is -2.16. The maximum Gasteiger partial charge on any atom is 0.196 e. The first-order valence-corrected chi connectivity index (χ1v) is 8.17. The molecule has 0 radical (unpaired) electrons. The number of Topliss-reactive ketones (excluding diaryl/α,β-unsaturated/α-hetero) is 1. The fraction of sp³-hybridized carbons (Fsp3) is 0.273. The molecule has 7 heteroatoms. The van der Waals surface area contributed by atoms with E-state index in [1.165, 1.54) is 16.9 Å². The number of aromatic nitrogens is 1. The summed E-state index contributed by atoms with van der Waals surface area (Å²) in [5.41, 5.74) is 1.66. The first kappa shape index (κ1) is 14.0. The maximum atomic E-state index is 11.4. The molecule has 0 aliphatic rings. The van der Waals surface area contributed by atoms with Crippen LogP contribution in [0.3, 0.4) is 0 Å². The molecule has 2 rings (SSSR count). The first-order chi connectivity index (χ1) is 8.60. The summed E-state index contributed by atoms with van der Waals surface area (Å²) >= 11 is 12.1. The molecule has 2 aromatic rings. The Bertz CT molecular complexity index is 555. The molecule has 0 N–H and O–H groups in total. The molecule has 0 fully saturated rings. The van der Waals surface area contributed by atoms with Crippen LogP contribution < -0.4 is 4.90 Å². The minimum atomic E-state index is -0.133. The number of hydrogen-bond donors (Lipinski definition) is 0. The summed E-state index contributed by atoms with van der Waals surface area (Å²) in [6.45, 7) is 0.768. The second-order valence-corrected chi connectivity index (χ2v) is 7.08. The minimum Gasteiger partial charge on any atom is -0.347 e. The van der Waals surface area contributed by atoms with Gasteiger partial charge in [-0.15, -0.1) is 34.3 Å². The maximum absolute atomic E-state index is 11.4. The molecule has 0 aliphatic carbocycles. The molecular weight excluding hydrogens is 356 g/mol. The second-order valence-electron chi connectivity index (χ2n) is 3.69. The number of carbonyl (C=O) groups excluding carboxylic acids is 1. The van der Waals surface area contributed by atoms with Crippen LogP contribution in [0.4, 0.5) is 5.13 Å². The summed E-state index contributed by atoms with van der Waals surface area (Å²) in [5.74, 6) is -0.157. The van der Waals surface area contributed by atoms with Gasteiger partial charge in [0.05, 0.1) is 9.67 Å². The van der Waals surface area contributed by atoms with E-state index in [9.17, 15) is 4.79 Å². The first-order valence-electron chi connectivity index (χ1n) is 5.09. The minimum absolute atomic E-state index is 0.0234. The van der Waals surface area contributed by atoms with Crippen LogP contribution in [0, 0.1) is 0 Å². The van der Waals surface area contributed by atoms with Crippen LogP contribution in [0.2, 0.25) is 0 Å². The van der Waals surface area contributed by atoms with E-state index in [2.05, 4.69) is 32.4 Å². The Kier molecular flexibility index (Phi) is 4.77. The average Bonchev–Trinajstić information content (AvgIpc) is 2.97. The van der Waals surface area contributed by atoms with Crippen molar-refractivity contribution < 1.29 is 4.79 Å². The molecule has 0 bridgehead atoms. The molecule has 0 unspecified atom stereocenters. The standard InChI is InChI=1S/C11H10BrClN2OS2/c1-15(4-7-2-10(12)17-5-7)11-14-8(6-18-11)9(16)3-13/h2,5-6H,3-4H2,1H3. The Morgan fingerprint density at radius 3 is 2.89 bits per heavy atom. The Morgan fingerprint density at radius 2 is 2.28 bits per heavy atom. The van der Waals surface area contributed by atoms with Crippen molar-refractivity contribution in [3.63, 3.8) is 0 Å². The number of ketones is 1. The molecule has 0 aliphatic heterocycles. The zero-order valence-electron chi connectivity index (χ0n) is 9.52. The molecule has 2 aromatic heterocycles. The van der Waals surface area contributed by atoms with Gasteiger partial charge in [0, 0.05) is 19.0 Å². The molecule has 0 aromatic carbocycles. The van der Waals surface area contributed by atoms with Gasteiger partial charge in [0.1, 0.15) is 5.69 Å². The summed E-state index contributed by atoms with van der Waals surface area (Å²) < 4.78 is 1.11. The number of thiazole rings is 1. The van der Waals surface area contributed by atoms with Gasteiger partial charge in [-0.3, -0.25) is 4.79 Å². The van der Waals surface area contributed by atoms with E-state index in [4.69, 9.17) is 11.6 Å². The number of anilines is 1. The number of rotatable bonds is 5.